The van der Waals surface area contributed by atoms with Crippen LogP contribution in [-0.4, -0.2) is 11.1 Å². The normalized spacial score (nSPS) is 19.8. The maximum absolute atomic E-state index is 10.7. The largest absolute Gasteiger partial charge is 0.481 e. The van der Waals surface area contributed by atoms with Crippen molar-refractivity contribution >= 4 is 11.5 Å². The number of allylic oxidation sites excluding steroid dienone is 2. The second-order valence-corrected chi connectivity index (χ2v) is 4.78. The van der Waals surface area contributed by atoms with E-state index in [9.17, 15) is 4.79 Å². The summed E-state index contributed by atoms with van der Waals surface area (Å²) in [5.41, 5.74) is 4.00. The molecule has 90 valence electrons. The zero-order valence-electron chi connectivity index (χ0n) is 10.1. The Balaban J connectivity index is 2.09. The smallest absolute Gasteiger partial charge is 0.303 e. The maximum atomic E-state index is 10.7. The molecule has 1 aliphatic rings. The fourth-order valence-corrected chi connectivity index (χ4v) is 2.50. The molecule has 0 amide bonds. The van der Waals surface area contributed by atoms with Crippen LogP contribution in [0, 0.1) is 12.8 Å². The van der Waals surface area contributed by atoms with E-state index in [1.54, 1.807) is 0 Å². The second-order valence-electron chi connectivity index (χ2n) is 4.78. The van der Waals surface area contributed by atoms with Crippen molar-refractivity contribution in [1.29, 1.82) is 0 Å². The minimum atomic E-state index is -0.678. The zero-order chi connectivity index (χ0) is 12.3. The summed E-state index contributed by atoms with van der Waals surface area (Å²) in [4.78, 5) is 10.7. The maximum Gasteiger partial charge on any atom is 0.303 e. The molecule has 0 spiro atoms. The lowest BCUT2D eigenvalue weighted by Crippen LogP contribution is -2.10. The average Bonchev–Trinajstić information content (AvgIpc) is 2.30. The fourth-order valence-electron chi connectivity index (χ4n) is 2.50. The van der Waals surface area contributed by atoms with Gasteiger partial charge < -0.3 is 5.11 Å². The van der Waals surface area contributed by atoms with Crippen molar-refractivity contribution in [3.63, 3.8) is 0 Å². The van der Waals surface area contributed by atoms with Crippen molar-refractivity contribution in [3.8, 4) is 0 Å². The predicted octanol–water partition coefficient (Wildman–Crippen LogP) is 3.65. The van der Waals surface area contributed by atoms with Crippen molar-refractivity contribution in [2.24, 2.45) is 5.92 Å². The van der Waals surface area contributed by atoms with Crippen molar-refractivity contribution in [3.05, 3.63) is 41.5 Å². The van der Waals surface area contributed by atoms with Crippen LogP contribution in [-0.2, 0) is 4.79 Å². The van der Waals surface area contributed by atoms with E-state index in [0.717, 1.165) is 19.3 Å². The predicted molar refractivity (Wildman–Crippen MR) is 68.7 cm³/mol. The summed E-state index contributed by atoms with van der Waals surface area (Å²) in [6.07, 6.45) is 5.42. The zero-order valence-corrected chi connectivity index (χ0v) is 10.1. The van der Waals surface area contributed by atoms with E-state index in [0.29, 0.717) is 12.3 Å². The third-order valence-corrected chi connectivity index (χ3v) is 3.47. The Morgan fingerprint density at radius 3 is 2.76 bits per heavy atom. The van der Waals surface area contributed by atoms with Gasteiger partial charge in [0.1, 0.15) is 0 Å². The molecule has 0 saturated heterocycles. The molecule has 2 nitrogen and oxygen atoms in total. The molecule has 0 radical (unpaired) electrons. The number of hydrogen-bond donors (Lipinski definition) is 1. The van der Waals surface area contributed by atoms with E-state index in [1.165, 1.54) is 16.7 Å². The molecular weight excluding hydrogens is 212 g/mol. The Morgan fingerprint density at radius 2 is 2.18 bits per heavy atom. The first-order chi connectivity index (χ1) is 8.16. The monoisotopic (exact) mass is 230 g/mol. The highest BCUT2D eigenvalue weighted by Crippen LogP contribution is 2.32. The van der Waals surface area contributed by atoms with Gasteiger partial charge in [0.25, 0.3) is 0 Å². The number of aliphatic carboxylic acids is 1. The van der Waals surface area contributed by atoms with Gasteiger partial charge in [0, 0.05) is 6.42 Å². The first-order valence-electron chi connectivity index (χ1n) is 6.13. The Bertz CT molecular complexity index is 446. The SMILES string of the molecule is Cc1ccccc1C1=CCC(CC(=O)O)CC1. The molecule has 0 fully saturated rings. The lowest BCUT2D eigenvalue weighted by atomic mass is 9.84. The minimum Gasteiger partial charge on any atom is -0.481 e. The molecule has 1 aromatic rings. The van der Waals surface area contributed by atoms with Crippen LogP contribution < -0.4 is 0 Å². The molecule has 0 heterocycles. The second kappa shape index (κ2) is 5.17. The highest BCUT2D eigenvalue weighted by atomic mass is 16.4. The molecule has 0 aromatic heterocycles. The van der Waals surface area contributed by atoms with Gasteiger partial charge in [-0.3, -0.25) is 4.79 Å². The Hall–Kier alpha value is -1.57. The van der Waals surface area contributed by atoms with Crippen LogP contribution in [0.25, 0.3) is 5.57 Å². The van der Waals surface area contributed by atoms with Gasteiger partial charge in [0.2, 0.25) is 0 Å². The van der Waals surface area contributed by atoms with Gasteiger partial charge in [0.05, 0.1) is 0 Å². The first-order valence-corrected chi connectivity index (χ1v) is 6.13. The molecular formula is C15H18O2. The summed E-state index contributed by atoms with van der Waals surface area (Å²) in [6, 6.07) is 8.39. The highest BCUT2D eigenvalue weighted by molar-refractivity contribution is 5.70. The van der Waals surface area contributed by atoms with Crippen molar-refractivity contribution < 1.29 is 9.90 Å². The number of rotatable bonds is 3. The lowest BCUT2D eigenvalue weighted by Gasteiger charge is -2.21. The van der Waals surface area contributed by atoms with Gasteiger partial charge in [-0.2, -0.15) is 0 Å². The molecule has 1 aromatic carbocycles. The summed E-state index contributed by atoms with van der Waals surface area (Å²) in [7, 11) is 0. The number of carboxylic acid groups (broad SMARTS) is 1. The van der Waals surface area contributed by atoms with Gasteiger partial charge in [-0.1, -0.05) is 30.3 Å². The van der Waals surface area contributed by atoms with Gasteiger partial charge in [-0.05, 0) is 48.8 Å². The first kappa shape index (κ1) is 11.9. The molecule has 1 N–H and O–H groups in total. The van der Waals surface area contributed by atoms with Gasteiger partial charge >= 0.3 is 5.97 Å². The van der Waals surface area contributed by atoms with Crippen LogP contribution in [0.4, 0.5) is 0 Å². The molecule has 0 bridgehead atoms. The summed E-state index contributed by atoms with van der Waals surface area (Å²) >= 11 is 0. The molecule has 17 heavy (non-hydrogen) atoms. The van der Waals surface area contributed by atoms with E-state index < -0.39 is 5.97 Å². The van der Waals surface area contributed by atoms with Crippen LogP contribution in [0.2, 0.25) is 0 Å². The summed E-state index contributed by atoms with van der Waals surface area (Å²) in [5.74, 6) is -0.358. The molecule has 1 aliphatic carbocycles. The Kier molecular flexibility index (Phi) is 3.62. The molecule has 0 saturated carbocycles. The van der Waals surface area contributed by atoms with Crippen molar-refractivity contribution in [2.75, 3.05) is 0 Å². The molecule has 2 heteroatoms. The number of carboxylic acids is 1. The van der Waals surface area contributed by atoms with Gasteiger partial charge in [-0.25, -0.2) is 0 Å². The molecule has 0 aliphatic heterocycles. The number of benzene rings is 1. The Labute approximate surface area is 102 Å². The van der Waals surface area contributed by atoms with Crippen molar-refractivity contribution in [1.82, 2.24) is 0 Å². The van der Waals surface area contributed by atoms with Crippen LogP contribution in [0.5, 0.6) is 0 Å². The third-order valence-electron chi connectivity index (χ3n) is 3.47. The van der Waals surface area contributed by atoms with Crippen LogP contribution in [0.3, 0.4) is 0 Å². The molecule has 1 unspecified atom stereocenters. The van der Waals surface area contributed by atoms with Crippen molar-refractivity contribution in [2.45, 2.75) is 32.6 Å². The van der Waals surface area contributed by atoms with E-state index in [-0.39, 0.29) is 0 Å². The lowest BCUT2D eigenvalue weighted by molar-refractivity contribution is -0.138. The van der Waals surface area contributed by atoms with Crippen LogP contribution in [0.15, 0.2) is 30.3 Å². The van der Waals surface area contributed by atoms with E-state index in [1.807, 2.05) is 0 Å². The average molecular weight is 230 g/mol. The van der Waals surface area contributed by atoms with Gasteiger partial charge in [-0.15, -0.1) is 0 Å². The number of aryl methyl sites for hydroxylation is 1. The van der Waals surface area contributed by atoms with E-state index in [4.69, 9.17) is 5.11 Å². The standard InChI is InChI=1S/C15H18O2/c1-11-4-2-3-5-14(11)13-8-6-12(7-9-13)10-15(16)17/h2-5,8,12H,6-7,9-10H2,1H3,(H,16,17). The van der Waals surface area contributed by atoms with Gasteiger partial charge in [0.15, 0.2) is 0 Å². The number of hydrogen-bond acceptors (Lipinski definition) is 1. The summed E-state index contributed by atoms with van der Waals surface area (Å²) in [6.45, 7) is 2.12. The fraction of sp³-hybridized carbons (Fsp3) is 0.400. The topological polar surface area (TPSA) is 37.3 Å². The third kappa shape index (κ3) is 2.96. The quantitative estimate of drug-likeness (QED) is 0.860. The highest BCUT2D eigenvalue weighted by Gasteiger charge is 2.18. The van der Waals surface area contributed by atoms with E-state index >= 15 is 0 Å². The van der Waals surface area contributed by atoms with E-state index in [2.05, 4.69) is 37.3 Å². The number of carbonyl (C=O) groups is 1. The molecule has 2 rings (SSSR count). The van der Waals surface area contributed by atoms with Crippen LogP contribution >= 0.6 is 0 Å². The molecule has 1 atom stereocenters. The summed E-state index contributed by atoms with van der Waals surface area (Å²) < 4.78 is 0. The minimum absolute atomic E-state index is 0.303. The summed E-state index contributed by atoms with van der Waals surface area (Å²) in [5, 5.41) is 8.77. The Morgan fingerprint density at radius 1 is 1.41 bits per heavy atom. The van der Waals surface area contributed by atoms with Crippen LogP contribution in [0.1, 0.15) is 36.8 Å².